The zero-order valence-corrected chi connectivity index (χ0v) is 33.5. The van der Waals surface area contributed by atoms with E-state index in [2.05, 4.69) is 241 Å². The van der Waals surface area contributed by atoms with Crippen LogP contribution in [-0.2, 0) is 0 Å². The zero-order chi connectivity index (χ0) is 40.3. The molecule has 0 radical (unpaired) electrons. The molecule has 61 heavy (non-hydrogen) atoms. The van der Waals surface area contributed by atoms with E-state index in [1.165, 1.54) is 110 Å². The van der Waals surface area contributed by atoms with Crippen molar-refractivity contribution in [2.75, 3.05) is 0 Å². The first-order valence-electron chi connectivity index (χ1n) is 21.1. The van der Waals surface area contributed by atoms with E-state index < -0.39 is 0 Å². The van der Waals surface area contributed by atoms with E-state index in [4.69, 9.17) is 0 Å². The lowest BCUT2D eigenvalue weighted by atomic mass is 9.93. The molecule has 12 aromatic rings. The van der Waals surface area contributed by atoms with Gasteiger partial charge < -0.3 is 4.57 Å². The summed E-state index contributed by atoms with van der Waals surface area (Å²) in [6.45, 7) is 0. The van der Waals surface area contributed by atoms with Crippen LogP contribution in [-0.4, -0.2) is 4.57 Å². The molecule has 0 aliphatic heterocycles. The van der Waals surface area contributed by atoms with Gasteiger partial charge in [0.05, 0.1) is 11.2 Å². The lowest BCUT2D eigenvalue weighted by Crippen LogP contribution is -1.95. The molecule has 1 heteroatoms. The topological polar surface area (TPSA) is 4.93 Å². The van der Waals surface area contributed by atoms with Gasteiger partial charge >= 0.3 is 0 Å². The Bertz CT molecular complexity index is 3610. The van der Waals surface area contributed by atoms with Crippen molar-refractivity contribution in [2.45, 2.75) is 0 Å². The molecule has 0 aliphatic carbocycles. The number of hydrogen-bond acceptors (Lipinski definition) is 0. The summed E-state index contributed by atoms with van der Waals surface area (Å²) in [6.07, 6.45) is 2.35. The van der Waals surface area contributed by atoms with Gasteiger partial charge in [0.2, 0.25) is 0 Å². The molecule has 0 aliphatic rings. The van der Waals surface area contributed by atoms with Gasteiger partial charge in [-0.25, -0.2) is 0 Å². The Morgan fingerprint density at radius 1 is 0.230 bits per heavy atom. The molecule has 0 N–H and O–H groups in total. The van der Waals surface area contributed by atoms with Crippen LogP contribution >= 0.6 is 0 Å². The molecule has 0 amide bonds. The Kier molecular flexibility index (Phi) is 8.25. The molecular formula is C60H39N. The average Bonchev–Trinajstić information content (AvgIpc) is 3.72. The number of benzene rings is 11. The van der Waals surface area contributed by atoms with Gasteiger partial charge in [0.1, 0.15) is 0 Å². The molecule has 0 fully saturated rings. The molecule has 1 heterocycles. The number of rotatable bonds is 6. The predicted molar refractivity (Wildman–Crippen MR) is 260 cm³/mol. The number of fused-ring (bicyclic) bond motifs is 5. The third-order valence-corrected chi connectivity index (χ3v) is 12.7. The highest BCUT2D eigenvalue weighted by Crippen LogP contribution is 2.41. The van der Waals surface area contributed by atoms with E-state index in [1.54, 1.807) is 0 Å². The minimum Gasteiger partial charge on any atom is -0.315 e. The van der Waals surface area contributed by atoms with Gasteiger partial charge in [0.15, 0.2) is 0 Å². The Morgan fingerprint density at radius 3 is 1.21 bits per heavy atom. The van der Waals surface area contributed by atoms with E-state index >= 15 is 0 Å². The summed E-state index contributed by atoms with van der Waals surface area (Å²) in [7, 11) is 0. The van der Waals surface area contributed by atoms with Gasteiger partial charge in [-0.05, 0) is 106 Å². The van der Waals surface area contributed by atoms with E-state index in [-0.39, 0.29) is 0 Å². The minimum absolute atomic E-state index is 1.16. The van der Waals surface area contributed by atoms with E-state index in [0.29, 0.717) is 0 Å². The van der Waals surface area contributed by atoms with Crippen LogP contribution in [0, 0.1) is 0 Å². The summed E-state index contributed by atoms with van der Waals surface area (Å²) < 4.78 is 2.41. The van der Waals surface area contributed by atoms with Crippen LogP contribution in [0.5, 0.6) is 0 Å². The standard InChI is InChI=1S/C60H39N/c1-4-18-48-41(12-1)15-9-23-50(48)44-28-26-40(27-29-44)47-34-36-60-57(38-47)58(46-32-30-45(31-33-46)51-24-10-16-42-13-2-5-19-49(42)51)39-61(60)59-37-35-55(54-21-7-8-22-56(54)59)53-25-11-17-43-14-3-6-20-52(43)53/h1-39H. The molecule has 284 valence electrons. The fourth-order valence-corrected chi connectivity index (χ4v) is 9.65. The van der Waals surface area contributed by atoms with E-state index in [1.807, 2.05) is 0 Å². The van der Waals surface area contributed by atoms with Crippen LogP contribution in [0.1, 0.15) is 0 Å². The number of hydrogen-bond donors (Lipinski definition) is 0. The van der Waals surface area contributed by atoms with Crippen LogP contribution in [0.2, 0.25) is 0 Å². The van der Waals surface area contributed by atoms with Crippen LogP contribution in [0.4, 0.5) is 0 Å². The van der Waals surface area contributed by atoms with Crippen molar-refractivity contribution < 1.29 is 0 Å². The van der Waals surface area contributed by atoms with Crippen molar-refractivity contribution >= 4 is 54.0 Å². The van der Waals surface area contributed by atoms with Crippen molar-refractivity contribution in [3.05, 3.63) is 237 Å². The summed E-state index contributed by atoms with van der Waals surface area (Å²) in [6, 6.07) is 84.5. The van der Waals surface area contributed by atoms with E-state index in [0.717, 1.165) is 5.69 Å². The monoisotopic (exact) mass is 773 g/mol. The molecule has 11 aromatic carbocycles. The quantitative estimate of drug-likeness (QED) is 0.159. The van der Waals surface area contributed by atoms with Crippen LogP contribution in [0.3, 0.4) is 0 Å². The second kappa shape index (κ2) is 14.4. The molecule has 0 saturated heterocycles. The molecule has 0 saturated carbocycles. The van der Waals surface area contributed by atoms with Crippen molar-refractivity contribution in [1.82, 2.24) is 4.57 Å². The molecular weight excluding hydrogens is 735 g/mol. The number of nitrogens with zero attached hydrogens (tertiary/aromatic N) is 1. The first kappa shape index (κ1) is 35.0. The van der Waals surface area contributed by atoms with Crippen molar-refractivity contribution in [1.29, 1.82) is 0 Å². The van der Waals surface area contributed by atoms with Crippen molar-refractivity contribution in [3.8, 4) is 61.3 Å². The van der Waals surface area contributed by atoms with Crippen LogP contribution in [0.15, 0.2) is 237 Å². The molecule has 0 spiro atoms. The first-order chi connectivity index (χ1) is 30.2. The van der Waals surface area contributed by atoms with Gasteiger partial charge in [-0.1, -0.05) is 212 Å². The van der Waals surface area contributed by atoms with Gasteiger partial charge in [0, 0.05) is 22.5 Å². The highest BCUT2D eigenvalue weighted by Gasteiger charge is 2.18. The van der Waals surface area contributed by atoms with Crippen molar-refractivity contribution in [2.24, 2.45) is 0 Å². The van der Waals surface area contributed by atoms with Gasteiger partial charge in [-0.2, -0.15) is 0 Å². The normalized spacial score (nSPS) is 11.6. The molecule has 0 unspecified atom stereocenters. The van der Waals surface area contributed by atoms with Gasteiger partial charge in [0.25, 0.3) is 0 Å². The Hall–Kier alpha value is -8.00. The lowest BCUT2D eigenvalue weighted by molar-refractivity contribution is 1.14. The van der Waals surface area contributed by atoms with Gasteiger partial charge in [-0.15, -0.1) is 0 Å². The average molecular weight is 774 g/mol. The smallest absolute Gasteiger partial charge is 0.0535 e. The molecule has 12 rings (SSSR count). The summed E-state index contributed by atoms with van der Waals surface area (Å²) >= 11 is 0. The van der Waals surface area contributed by atoms with E-state index in [9.17, 15) is 0 Å². The zero-order valence-electron chi connectivity index (χ0n) is 33.5. The lowest BCUT2D eigenvalue weighted by Gasteiger charge is -2.15. The largest absolute Gasteiger partial charge is 0.315 e. The van der Waals surface area contributed by atoms with Crippen LogP contribution < -0.4 is 0 Å². The third kappa shape index (κ3) is 5.93. The maximum Gasteiger partial charge on any atom is 0.0535 e. The summed E-state index contributed by atoms with van der Waals surface area (Å²) in [5.74, 6) is 0. The summed E-state index contributed by atoms with van der Waals surface area (Å²) in [4.78, 5) is 0. The highest BCUT2D eigenvalue weighted by atomic mass is 15.0. The third-order valence-electron chi connectivity index (χ3n) is 12.7. The molecule has 0 bridgehead atoms. The summed E-state index contributed by atoms with van der Waals surface area (Å²) in [5.41, 5.74) is 14.5. The Balaban J connectivity index is 1.01. The predicted octanol–water partition coefficient (Wildman–Crippen LogP) is 16.6. The Labute approximate surface area is 355 Å². The minimum atomic E-state index is 1.16. The SMILES string of the molecule is c1ccc2c(-c3ccc(-c4ccc5c(c4)c(-c4ccc(-c6cccc7ccccc67)cc4)cn5-c4ccc(-c5cccc6ccccc56)c5ccccc45)cc3)cccc2c1. The van der Waals surface area contributed by atoms with Crippen molar-refractivity contribution in [3.63, 3.8) is 0 Å². The molecule has 1 aromatic heterocycles. The fourth-order valence-electron chi connectivity index (χ4n) is 9.65. The molecule has 0 atom stereocenters. The van der Waals surface area contributed by atoms with Gasteiger partial charge in [-0.3, -0.25) is 0 Å². The number of aromatic nitrogens is 1. The fraction of sp³-hybridized carbons (Fsp3) is 0. The maximum atomic E-state index is 2.41. The Morgan fingerprint density at radius 2 is 0.639 bits per heavy atom. The second-order valence-electron chi connectivity index (χ2n) is 16.1. The summed E-state index contributed by atoms with van der Waals surface area (Å²) in [5, 5.41) is 11.2. The molecule has 1 nitrogen and oxygen atoms in total. The van der Waals surface area contributed by atoms with Crippen LogP contribution in [0.25, 0.3) is 115 Å². The second-order valence-corrected chi connectivity index (χ2v) is 16.1. The highest BCUT2D eigenvalue weighted by molar-refractivity contribution is 6.09. The maximum absolute atomic E-state index is 2.41. The first-order valence-corrected chi connectivity index (χ1v) is 21.1.